The predicted molar refractivity (Wildman–Crippen MR) is 98.7 cm³/mol. The zero-order valence-corrected chi connectivity index (χ0v) is 15.4. The van der Waals surface area contributed by atoms with Crippen molar-refractivity contribution in [1.29, 1.82) is 0 Å². The first-order valence-corrected chi connectivity index (χ1v) is 9.69. The molecule has 0 N–H and O–H groups in total. The molecule has 0 aromatic heterocycles. The molecule has 0 bridgehead atoms. The van der Waals surface area contributed by atoms with Crippen molar-refractivity contribution in [3.05, 3.63) is 35.9 Å². The van der Waals surface area contributed by atoms with E-state index >= 15 is 0 Å². The number of nitrogens with zero attached hydrogens (tertiary/aromatic N) is 2. The summed E-state index contributed by atoms with van der Waals surface area (Å²) < 4.78 is 0. The predicted octanol–water partition coefficient (Wildman–Crippen LogP) is 3.96. The molecule has 1 aromatic carbocycles. The van der Waals surface area contributed by atoms with Crippen LogP contribution in [0.5, 0.6) is 0 Å². The van der Waals surface area contributed by atoms with E-state index in [1.54, 1.807) is 0 Å². The van der Waals surface area contributed by atoms with Crippen LogP contribution < -0.4 is 0 Å². The molecule has 2 heterocycles. The van der Waals surface area contributed by atoms with E-state index in [0.29, 0.717) is 23.8 Å². The molecular formula is C21H32N2O. The molecule has 3 atom stereocenters. The van der Waals surface area contributed by atoms with Crippen molar-refractivity contribution in [2.75, 3.05) is 26.7 Å². The van der Waals surface area contributed by atoms with E-state index in [1.165, 1.54) is 5.56 Å². The van der Waals surface area contributed by atoms with Crippen LogP contribution in [0.1, 0.15) is 51.1 Å². The Bertz CT molecular complexity index is 538. The second kappa shape index (κ2) is 7.69. The number of benzene rings is 1. The van der Waals surface area contributed by atoms with Crippen molar-refractivity contribution in [3.63, 3.8) is 0 Å². The molecule has 2 aliphatic rings. The highest BCUT2D eigenvalue weighted by atomic mass is 16.2. The number of fused-ring (bicyclic) bond motifs is 1. The van der Waals surface area contributed by atoms with Gasteiger partial charge < -0.3 is 4.90 Å². The summed E-state index contributed by atoms with van der Waals surface area (Å²) in [7, 11) is 2.24. The maximum atomic E-state index is 13.0. The number of hydrogen-bond donors (Lipinski definition) is 0. The highest BCUT2D eigenvalue weighted by Crippen LogP contribution is 2.44. The Morgan fingerprint density at radius 2 is 1.75 bits per heavy atom. The summed E-state index contributed by atoms with van der Waals surface area (Å²) in [5, 5.41) is 0. The molecule has 132 valence electrons. The fraction of sp³-hybridized carbons (Fsp3) is 0.667. The second-order valence-corrected chi connectivity index (χ2v) is 7.74. The third-order valence-electron chi connectivity index (χ3n) is 5.97. The first-order chi connectivity index (χ1) is 11.7. The fourth-order valence-electron chi connectivity index (χ4n) is 4.94. The molecule has 0 unspecified atom stereocenters. The van der Waals surface area contributed by atoms with Crippen LogP contribution in [0.2, 0.25) is 0 Å². The van der Waals surface area contributed by atoms with Crippen molar-refractivity contribution in [1.82, 2.24) is 9.80 Å². The molecule has 2 saturated heterocycles. The summed E-state index contributed by atoms with van der Waals surface area (Å²) in [5.41, 5.74) is 1.40. The smallest absolute Gasteiger partial charge is 0.225 e. The van der Waals surface area contributed by atoms with E-state index in [0.717, 1.165) is 45.3 Å². The average molecular weight is 329 g/mol. The van der Waals surface area contributed by atoms with Gasteiger partial charge >= 0.3 is 0 Å². The fourth-order valence-corrected chi connectivity index (χ4v) is 4.94. The first-order valence-electron chi connectivity index (χ1n) is 9.69. The molecule has 1 amide bonds. The molecule has 3 rings (SSSR count). The van der Waals surface area contributed by atoms with Gasteiger partial charge in [-0.3, -0.25) is 9.69 Å². The normalized spacial score (nSPS) is 27.0. The molecule has 2 fully saturated rings. The highest BCUT2D eigenvalue weighted by Gasteiger charge is 2.47. The van der Waals surface area contributed by atoms with E-state index < -0.39 is 0 Å². The van der Waals surface area contributed by atoms with Gasteiger partial charge in [0.05, 0.1) is 0 Å². The number of carbonyl (C=O) groups is 1. The van der Waals surface area contributed by atoms with Gasteiger partial charge in [-0.1, -0.05) is 57.0 Å². The van der Waals surface area contributed by atoms with Crippen LogP contribution in [-0.4, -0.2) is 42.4 Å². The largest absolute Gasteiger partial charge is 0.342 e. The lowest BCUT2D eigenvalue weighted by atomic mass is 9.90. The van der Waals surface area contributed by atoms with E-state index in [-0.39, 0.29) is 5.92 Å². The lowest BCUT2D eigenvalue weighted by Gasteiger charge is -2.28. The number of rotatable bonds is 6. The third-order valence-corrected chi connectivity index (χ3v) is 5.97. The Balaban J connectivity index is 1.71. The molecule has 0 radical (unpaired) electrons. The maximum Gasteiger partial charge on any atom is 0.225 e. The van der Waals surface area contributed by atoms with Crippen molar-refractivity contribution in [2.24, 2.45) is 17.8 Å². The zero-order chi connectivity index (χ0) is 17.1. The van der Waals surface area contributed by atoms with Gasteiger partial charge in [0, 0.05) is 37.5 Å². The summed E-state index contributed by atoms with van der Waals surface area (Å²) in [6.45, 7) is 7.39. The van der Waals surface area contributed by atoms with Gasteiger partial charge in [-0.2, -0.15) is 0 Å². The van der Waals surface area contributed by atoms with Gasteiger partial charge in [0.15, 0.2) is 0 Å². The molecule has 0 saturated carbocycles. The molecule has 24 heavy (non-hydrogen) atoms. The minimum absolute atomic E-state index is 0.242. The SMILES string of the molecule is CCCC(CCC)C(=O)N1C[C@@H]2CN(C)[C@@H](c3ccccc3)[C@@H]2C1. The van der Waals surface area contributed by atoms with Crippen molar-refractivity contribution < 1.29 is 4.79 Å². The van der Waals surface area contributed by atoms with Crippen LogP contribution in [0.15, 0.2) is 30.3 Å². The van der Waals surface area contributed by atoms with Crippen molar-refractivity contribution in [2.45, 2.75) is 45.6 Å². The Morgan fingerprint density at radius 3 is 2.38 bits per heavy atom. The van der Waals surface area contributed by atoms with Crippen LogP contribution in [-0.2, 0) is 4.79 Å². The summed E-state index contributed by atoms with van der Waals surface area (Å²) >= 11 is 0. The average Bonchev–Trinajstić information content (AvgIpc) is 3.11. The minimum atomic E-state index is 0.242. The molecule has 3 nitrogen and oxygen atoms in total. The van der Waals surface area contributed by atoms with E-state index in [4.69, 9.17) is 0 Å². The standard InChI is InChI=1S/C21H32N2O/c1-4-9-17(10-5-2)21(24)23-14-18-13-22(3)20(19(18)15-23)16-11-7-6-8-12-16/h6-8,11-12,17-20H,4-5,9-10,13-15H2,1-3H3/t18-,19+,20-/m0/s1. The Labute approximate surface area is 147 Å². The van der Waals surface area contributed by atoms with E-state index in [9.17, 15) is 4.79 Å². The lowest BCUT2D eigenvalue weighted by molar-refractivity contribution is -0.135. The number of likely N-dealkylation sites (tertiary alicyclic amines) is 2. The van der Waals surface area contributed by atoms with Crippen molar-refractivity contribution in [3.8, 4) is 0 Å². The van der Waals surface area contributed by atoms with Crippen LogP contribution in [0.25, 0.3) is 0 Å². The van der Waals surface area contributed by atoms with Gasteiger partial charge in [-0.05, 0) is 31.4 Å². The Hall–Kier alpha value is -1.35. The van der Waals surface area contributed by atoms with Crippen LogP contribution in [0.4, 0.5) is 0 Å². The summed E-state index contributed by atoms with van der Waals surface area (Å²) in [5.74, 6) is 1.88. The number of amides is 1. The quantitative estimate of drug-likeness (QED) is 0.789. The van der Waals surface area contributed by atoms with E-state index in [2.05, 4.69) is 61.0 Å². The zero-order valence-electron chi connectivity index (χ0n) is 15.4. The van der Waals surface area contributed by atoms with Crippen LogP contribution in [0.3, 0.4) is 0 Å². The highest BCUT2D eigenvalue weighted by molar-refractivity contribution is 5.79. The summed E-state index contributed by atoms with van der Waals surface area (Å²) in [6, 6.07) is 11.3. The lowest BCUT2D eigenvalue weighted by Crippen LogP contribution is -2.37. The Kier molecular flexibility index (Phi) is 5.60. The van der Waals surface area contributed by atoms with Gasteiger partial charge in [0.2, 0.25) is 5.91 Å². The molecule has 0 aliphatic carbocycles. The number of carbonyl (C=O) groups excluding carboxylic acids is 1. The molecule has 2 aliphatic heterocycles. The first kappa shape index (κ1) is 17.5. The van der Waals surface area contributed by atoms with Crippen molar-refractivity contribution >= 4 is 5.91 Å². The Morgan fingerprint density at radius 1 is 1.08 bits per heavy atom. The van der Waals surface area contributed by atoms with Gasteiger partial charge in [0.1, 0.15) is 0 Å². The van der Waals surface area contributed by atoms with E-state index in [1.807, 2.05) is 0 Å². The van der Waals surface area contributed by atoms with Gasteiger partial charge in [-0.15, -0.1) is 0 Å². The summed E-state index contributed by atoms with van der Waals surface area (Å²) in [6.07, 6.45) is 4.29. The maximum absolute atomic E-state index is 13.0. The molecule has 1 aromatic rings. The van der Waals surface area contributed by atoms with Gasteiger partial charge in [-0.25, -0.2) is 0 Å². The summed E-state index contributed by atoms with van der Waals surface area (Å²) in [4.78, 5) is 17.7. The van der Waals surface area contributed by atoms with Crippen LogP contribution in [0, 0.1) is 17.8 Å². The molecule has 3 heteroatoms. The van der Waals surface area contributed by atoms with Crippen LogP contribution >= 0.6 is 0 Å². The minimum Gasteiger partial charge on any atom is -0.342 e. The third kappa shape index (κ3) is 3.37. The van der Waals surface area contributed by atoms with Gasteiger partial charge in [0.25, 0.3) is 0 Å². The molecular weight excluding hydrogens is 296 g/mol. The monoisotopic (exact) mass is 328 g/mol. The second-order valence-electron chi connectivity index (χ2n) is 7.74. The molecule has 0 spiro atoms. The topological polar surface area (TPSA) is 23.6 Å². The number of hydrogen-bond acceptors (Lipinski definition) is 2.